The summed E-state index contributed by atoms with van der Waals surface area (Å²) in [5, 5.41) is 0. The monoisotopic (exact) mass is 191 g/mol. The van der Waals surface area contributed by atoms with Crippen LogP contribution < -0.4 is 0 Å². The zero-order valence-corrected chi connectivity index (χ0v) is 9.03. The van der Waals surface area contributed by atoms with Crippen LogP contribution in [0.2, 0.25) is 0 Å². The fourth-order valence-electron chi connectivity index (χ4n) is 1.14. The van der Waals surface area contributed by atoms with Crippen LogP contribution >= 0.6 is 0 Å². The van der Waals surface area contributed by atoms with Gasteiger partial charge in [0, 0.05) is 20.2 Å². The predicted molar refractivity (Wildman–Crippen MR) is 59.7 cm³/mol. The molecule has 1 rings (SSSR count). The van der Waals surface area contributed by atoms with Crippen LogP contribution in [0.15, 0.2) is 36.2 Å². The average molecular weight is 191 g/mol. The maximum absolute atomic E-state index is 5.49. The van der Waals surface area contributed by atoms with Crippen LogP contribution in [0.25, 0.3) is 6.08 Å². The van der Waals surface area contributed by atoms with Crippen LogP contribution in [0.4, 0.5) is 0 Å². The van der Waals surface area contributed by atoms with Crippen LogP contribution in [0.1, 0.15) is 12.5 Å². The smallest absolute Gasteiger partial charge is 0.189 e. The van der Waals surface area contributed by atoms with Gasteiger partial charge < -0.3 is 9.64 Å². The van der Waals surface area contributed by atoms with Crippen molar-refractivity contribution in [2.75, 3.05) is 20.7 Å². The lowest BCUT2D eigenvalue weighted by molar-refractivity contribution is 0.156. The quantitative estimate of drug-likeness (QED) is 0.678. The van der Waals surface area contributed by atoms with Gasteiger partial charge in [0.15, 0.2) is 5.88 Å². The molecule has 0 N–H and O–H groups in total. The highest BCUT2D eigenvalue weighted by atomic mass is 16.5. The van der Waals surface area contributed by atoms with Crippen LogP contribution in [0.5, 0.6) is 0 Å². The molecule has 2 heteroatoms. The van der Waals surface area contributed by atoms with Crippen LogP contribution in [-0.2, 0) is 4.74 Å². The molecule has 0 bridgehead atoms. The fraction of sp³-hybridized carbons (Fsp3) is 0.333. The Morgan fingerprint density at radius 1 is 1.29 bits per heavy atom. The van der Waals surface area contributed by atoms with E-state index in [2.05, 4.69) is 12.1 Å². The first-order valence-corrected chi connectivity index (χ1v) is 4.81. The highest BCUT2D eigenvalue weighted by molar-refractivity contribution is 5.50. The lowest BCUT2D eigenvalue weighted by atomic mass is 10.2. The summed E-state index contributed by atoms with van der Waals surface area (Å²) in [6, 6.07) is 10.2. The normalized spacial score (nSPS) is 11.2. The Balaban J connectivity index is 2.82. The van der Waals surface area contributed by atoms with Gasteiger partial charge in [-0.3, -0.25) is 0 Å². The summed E-state index contributed by atoms with van der Waals surface area (Å²) >= 11 is 0. The third-order valence-electron chi connectivity index (χ3n) is 1.82. The molecule has 14 heavy (non-hydrogen) atoms. The molecular formula is C12H17NO. The number of ether oxygens (including phenoxy) is 1. The van der Waals surface area contributed by atoms with Crippen molar-refractivity contribution < 1.29 is 4.74 Å². The zero-order valence-electron chi connectivity index (χ0n) is 9.03. The molecule has 0 spiro atoms. The maximum atomic E-state index is 5.49. The third-order valence-corrected chi connectivity index (χ3v) is 1.82. The minimum Gasteiger partial charge on any atom is -0.479 e. The largest absolute Gasteiger partial charge is 0.479 e. The fourth-order valence-corrected chi connectivity index (χ4v) is 1.14. The summed E-state index contributed by atoms with van der Waals surface area (Å²) in [4.78, 5) is 1.97. The van der Waals surface area contributed by atoms with Gasteiger partial charge in [0.25, 0.3) is 0 Å². The van der Waals surface area contributed by atoms with E-state index in [9.17, 15) is 0 Å². The molecule has 0 radical (unpaired) electrons. The molecule has 0 amide bonds. The number of rotatable bonds is 4. The molecule has 0 saturated carbocycles. The first-order valence-electron chi connectivity index (χ1n) is 4.81. The van der Waals surface area contributed by atoms with E-state index in [1.54, 1.807) is 0 Å². The van der Waals surface area contributed by atoms with E-state index >= 15 is 0 Å². The first kappa shape index (κ1) is 10.6. The summed E-state index contributed by atoms with van der Waals surface area (Å²) in [6.45, 7) is 2.68. The van der Waals surface area contributed by atoms with E-state index in [0.29, 0.717) is 6.61 Å². The molecule has 1 aromatic rings. The Labute approximate surface area is 85.8 Å². The SMILES string of the molecule is CCOC(=Cc1ccccc1)N(C)C. The summed E-state index contributed by atoms with van der Waals surface area (Å²) in [6.07, 6.45) is 2.03. The molecule has 0 aliphatic rings. The van der Waals surface area contributed by atoms with E-state index in [1.807, 2.05) is 50.2 Å². The number of benzene rings is 1. The molecule has 0 aliphatic heterocycles. The first-order chi connectivity index (χ1) is 6.74. The average Bonchev–Trinajstić information content (AvgIpc) is 2.18. The maximum Gasteiger partial charge on any atom is 0.189 e. The summed E-state index contributed by atoms with van der Waals surface area (Å²) in [5.41, 5.74) is 1.16. The zero-order chi connectivity index (χ0) is 10.4. The number of hydrogen-bond donors (Lipinski definition) is 0. The van der Waals surface area contributed by atoms with Gasteiger partial charge in [-0.25, -0.2) is 0 Å². The Bertz CT molecular complexity index is 290. The second-order valence-corrected chi connectivity index (χ2v) is 3.22. The van der Waals surface area contributed by atoms with E-state index in [0.717, 1.165) is 11.4 Å². The molecular weight excluding hydrogens is 174 g/mol. The van der Waals surface area contributed by atoms with E-state index in [4.69, 9.17) is 4.74 Å². The third kappa shape index (κ3) is 3.13. The van der Waals surface area contributed by atoms with Crippen molar-refractivity contribution in [3.63, 3.8) is 0 Å². The summed E-state index contributed by atoms with van der Waals surface area (Å²) in [5.74, 6) is 0.888. The second-order valence-electron chi connectivity index (χ2n) is 3.22. The van der Waals surface area contributed by atoms with Crippen molar-refractivity contribution in [2.45, 2.75) is 6.92 Å². The van der Waals surface area contributed by atoms with Crippen molar-refractivity contribution in [1.29, 1.82) is 0 Å². The molecule has 0 unspecified atom stereocenters. The molecule has 0 atom stereocenters. The van der Waals surface area contributed by atoms with Crippen molar-refractivity contribution in [1.82, 2.24) is 4.90 Å². The molecule has 0 saturated heterocycles. The molecule has 1 aromatic carbocycles. The van der Waals surface area contributed by atoms with Crippen LogP contribution in [-0.4, -0.2) is 25.6 Å². The van der Waals surface area contributed by atoms with E-state index in [-0.39, 0.29) is 0 Å². The van der Waals surface area contributed by atoms with Crippen molar-refractivity contribution in [2.24, 2.45) is 0 Å². The van der Waals surface area contributed by atoms with Gasteiger partial charge in [0.1, 0.15) is 0 Å². The van der Waals surface area contributed by atoms with Gasteiger partial charge in [-0.2, -0.15) is 0 Å². The molecule has 0 aliphatic carbocycles. The molecule has 0 heterocycles. The Morgan fingerprint density at radius 2 is 1.93 bits per heavy atom. The highest BCUT2D eigenvalue weighted by Crippen LogP contribution is 2.09. The Morgan fingerprint density at radius 3 is 2.43 bits per heavy atom. The van der Waals surface area contributed by atoms with Crippen molar-refractivity contribution in [3.05, 3.63) is 41.8 Å². The molecule has 0 aromatic heterocycles. The summed E-state index contributed by atoms with van der Waals surface area (Å²) in [7, 11) is 3.95. The van der Waals surface area contributed by atoms with Crippen molar-refractivity contribution >= 4 is 6.08 Å². The van der Waals surface area contributed by atoms with Gasteiger partial charge in [-0.15, -0.1) is 0 Å². The highest BCUT2D eigenvalue weighted by Gasteiger charge is 1.99. The minimum atomic E-state index is 0.691. The van der Waals surface area contributed by atoms with Gasteiger partial charge in [0.2, 0.25) is 0 Å². The van der Waals surface area contributed by atoms with Crippen molar-refractivity contribution in [3.8, 4) is 0 Å². The van der Waals surface area contributed by atoms with Gasteiger partial charge in [-0.05, 0) is 12.5 Å². The number of hydrogen-bond acceptors (Lipinski definition) is 2. The van der Waals surface area contributed by atoms with Gasteiger partial charge in [-0.1, -0.05) is 30.3 Å². The lowest BCUT2D eigenvalue weighted by Crippen LogP contribution is -2.13. The van der Waals surface area contributed by atoms with Gasteiger partial charge in [0.05, 0.1) is 6.61 Å². The minimum absolute atomic E-state index is 0.691. The van der Waals surface area contributed by atoms with Crippen LogP contribution in [0.3, 0.4) is 0 Å². The van der Waals surface area contributed by atoms with E-state index < -0.39 is 0 Å². The van der Waals surface area contributed by atoms with Crippen LogP contribution in [0, 0.1) is 0 Å². The Kier molecular flexibility index (Phi) is 4.05. The van der Waals surface area contributed by atoms with Gasteiger partial charge >= 0.3 is 0 Å². The topological polar surface area (TPSA) is 12.5 Å². The second kappa shape index (κ2) is 5.32. The standard InChI is InChI=1S/C12H17NO/c1-4-14-12(13(2)3)10-11-8-6-5-7-9-11/h5-10H,4H2,1-3H3. The summed E-state index contributed by atoms with van der Waals surface area (Å²) < 4.78 is 5.49. The Hall–Kier alpha value is -1.44. The predicted octanol–water partition coefficient (Wildman–Crippen LogP) is 2.58. The number of nitrogens with zero attached hydrogens (tertiary/aromatic N) is 1. The van der Waals surface area contributed by atoms with E-state index in [1.165, 1.54) is 0 Å². The molecule has 76 valence electrons. The lowest BCUT2D eigenvalue weighted by Gasteiger charge is -2.16. The molecule has 0 fully saturated rings. The molecule has 2 nitrogen and oxygen atoms in total.